The molecule has 0 spiro atoms. The molecule has 0 aliphatic rings. The van der Waals surface area contributed by atoms with Gasteiger partial charge >= 0.3 is 0 Å². The molecule has 2 N–H and O–H groups in total. The predicted molar refractivity (Wildman–Crippen MR) is 126 cm³/mol. The fraction of sp³-hybridized carbons (Fsp3) is 0.154. The highest BCUT2D eigenvalue weighted by molar-refractivity contribution is 5.35. The zero-order valence-corrected chi connectivity index (χ0v) is 18.2. The van der Waals surface area contributed by atoms with E-state index in [1.54, 1.807) is 12.4 Å². The van der Waals surface area contributed by atoms with Crippen molar-refractivity contribution in [1.29, 1.82) is 0 Å². The molecule has 0 fully saturated rings. The number of nitrogens with zero attached hydrogens (tertiary/aromatic N) is 5. The Morgan fingerprint density at radius 3 is 1.61 bits per heavy atom. The van der Waals surface area contributed by atoms with Crippen LogP contribution in [0.4, 0.5) is 0 Å². The summed E-state index contributed by atoms with van der Waals surface area (Å²) in [5, 5.41) is 0. The van der Waals surface area contributed by atoms with Crippen molar-refractivity contribution in [2.24, 2.45) is 0 Å². The predicted octanol–water partition coefficient (Wildman–Crippen LogP) is 4.11. The van der Waals surface area contributed by atoms with Crippen LogP contribution < -0.4 is 0 Å². The van der Waals surface area contributed by atoms with Crippen LogP contribution in [0.3, 0.4) is 0 Å². The van der Waals surface area contributed by atoms with Crippen molar-refractivity contribution in [3.8, 4) is 0 Å². The maximum Gasteiger partial charge on any atom is 0.120 e. The first-order valence-electron chi connectivity index (χ1n) is 10.9. The average Bonchev–Trinajstić information content (AvgIpc) is 3.59. The maximum atomic E-state index is 4.86. The summed E-state index contributed by atoms with van der Waals surface area (Å²) in [6.45, 7) is 1.13. The Morgan fingerprint density at radius 2 is 1.15 bits per heavy atom. The number of H-pyrrole nitrogens is 2. The van der Waals surface area contributed by atoms with Gasteiger partial charge in [0.15, 0.2) is 0 Å². The Morgan fingerprint density at radius 1 is 0.606 bits per heavy atom. The number of aromatic amines is 2. The maximum absolute atomic E-state index is 4.86. The molecule has 0 saturated carbocycles. The molecule has 0 amide bonds. The number of nitrogens with one attached hydrogen (secondary N) is 2. The molecule has 0 atom stereocenters. The van der Waals surface area contributed by atoms with Crippen LogP contribution >= 0.6 is 0 Å². The van der Waals surface area contributed by atoms with Gasteiger partial charge in [0, 0.05) is 43.6 Å². The first kappa shape index (κ1) is 20.8. The number of aromatic nitrogens is 6. The molecule has 5 rings (SSSR count). The van der Waals surface area contributed by atoms with Gasteiger partial charge in [-0.25, -0.2) is 9.97 Å². The summed E-state index contributed by atoms with van der Waals surface area (Å²) in [6.07, 6.45) is 11.6. The van der Waals surface area contributed by atoms with E-state index >= 15 is 0 Å². The van der Waals surface area contributed by atoms with E-state index in [4.69, 9.17) is 9.97 Å². The molecule has 4 aromatic heterocycles. The second kappa shape index (κ2) is 9.58. The monoisotopic (exact) mass is 435 g/mol. The van der Waals surface area contributed by atoms with Crippen LogP contribution in [0.25, 0.3) is 0 Å². The summed E-state index contributed by atoms with van der Waals surface area (Å²) < 4.78 is 0. The Balaban J connectivity index is 1.73. The SMILES string of the molecule is c1ccc(CC(c2ccccn2)(c2ccccn2)N(Cc2ncc[nH]2)Cc2ncc[nH]2)cc1. The van der Waals surface area contributed by atoms with Gasteiger partial charge in [-0.05, 0) is 29.8 Å². The lowest BCUT2D eigenvalue weighted by Crippen LogP contribution is -2.49. The Hall–Kier alpha value is -4.10. The molecule has 33 heavy (non-hydrogen) atoms. The highest BCUT2D eigenvalue weighted by Crippen LogP contribution is 2.39. The van der Waals surface area contributed by atoms with Crippen molar-refractivity contribution < 1.29 is 0 Å². The Bertz CT molecular complexity index is 1150. The van der Waals surface area contributed by atoms with Crippen LogP contribution in [0.2, 0.25) is 0 Å². The van der Waals surface area contributed by atoms with E-state index in [1.165, 1.54) is 5.56 Å². The van der Waals surface area contributed by atoms with E-state index in [-0.39, 0.29) is 0 Å². The summed E-state index contributed by atoms with van der Waals surface area (Å²) >= 11 is 0. The minimum Gasteiger partial charge on any atom is -0.348 e. The van der Waals surface area contributed by atoms with Gasteiger partial charge in [0.2, 0.25) is 0 Å². The van der Waals surface area contributed by atoms with Gasteiger partial charge in [0.1, 0.15) is 17.2 Å². The molecular formula is C26H25N7. The van der Waals surface area contributed by atoms with Gasteiger partial charge in [0.05, 0.1) is 24.5 Å². The van der Waals surface area contributed by atoms with E-state index in [1.807, 2.05) is 55.1 Å². The van der Waals surface area contributed by atoms with Gasteiger partial charge in [0.25, 0.3) is 0 Å². The molecule has 7 nitrogen and oxygen atoms in total. The largest absolute Gasteiger partial charge is 0.348 e. The van der Waals surface area contributed by atoms with Crippen LogP contribution in [-0.2, 0) is 25.0 Å². The molecule has 0 unspecified atom stereocenters. The lowest BCUT2D eigenvalue weighted by Gasteiger charge is -2.43. The second-order valence-corrected chi connectivity index (χ2v) is 7.88. The van der Waals surface area contributed by atoms with Crippen molar-refractivity contribution in [2.45, 2.75) is 25.0 Å². The number of rotatable bonds is 9. The van der Waals surface area contributed by atoms with Crippen molar-refractivity contribution in [1.82, 2.24) is 34.8 Å². The van der Waals surface area contributed by atoms with Crippen LogP contribution in [0.1, 0.15) is 28.6 Å². The third-order valence-corrected chi connectivity index (χ3v) is 5.81. The lowest BCUT2D eigenvalue weighted by atomic mass is 9.81. The fourth-order valence-corrected chi connectivity index (χ4v) is 4.31. The molecule has 0 saturated heterocycles. The molecule has 7 heteroatoms. The summed E-state index contributed by atoms with van der Waals surface area (Å²) in [4.78, 5) is 27.6. The summed E-state index contributed by atoms with van der Waals surface area (Å²) in [6, 6.07) is 22.6. The molecule has 4 heterocycles. The van der Waals surface area contributed by atoms with Crippen molar-refractivity contribution >= 4 is 0 Å². The lowest BCUT2D eigenvalue weighted by molar-refractivity contribution is 0.0891. The Kier molecular flexibility index (Phi) is 6.04. The molecule has 5 aromatic rings. The van der Waals surface area contributed by atoms with E-state index in [0.29, 0.717) is 19.5 Å². The van der Waals surface area contributed by atoms with Crippen molar-refractivity contribution in [3.05, 3.63) is 133 Å². The number of hydrogen-bond donors (Lipinski definition) is 2. The van der Waals surface area contributed by atoms with Crippen LogP contribution in [0, 0.1) is 0 Å². The quantitative estimate of drug-likeness (QED) is 0.364. The minimum atomic E-state index is -0.663. The van der Waals surface area contributed by atoms with Crippen molar-refractivity contribution in [2.75, 3.05) is 0 Å². The average molecular weight is 436 g/mol. The third-order valence-electron chi connectivity index (χ3n) is 5.81. The third kappa shape index (κ3) is 4.44. The first-order chi connectivity index (χ1) is 16.3. The van der Waals surface area contributed by atoms with Crippen LogP contribution in [0.15, 0.2) is 104 Å². The fourth-order valence-electron chi connectivity index (χ4n) is 4.31. The molecule has 1 aromatic carbocycles. The van der Waals surface area contributed by atoms with E-state index in [9.17, 15) is 0 Å². The molecule has 0 radical (unpaired) electrons. The van der Waals surface area contributed by atoms with Crippen molar-refractivity contribution in [3.63, 3.8) is 0 Å². The number of benzene rings is 1. The number of imidazole rings is 2. The zero-order chi connectivity index (χ0) is 22.3. The smallest absolute Gasteiger partial charge is 0.120 e. The first-order valence-corrected chi connectivity index (χ1v) is 10.9. The van der Waals surface area contributed by atoms with Crippen LogP contribution in [0.5, 0.6) is 0 Å². The Labute approximate surface area is 192 Å². The molecule has 0 bridgehead atoms. The summed E-state index contributed by atoms with van der Waals surface area (Å²) in [5.41, 5.74) is 2.37. The summed E-state index contributed by atoms with van der Waals surface area (Å²) in [7, 11) is 0. The van der Waals surface area contributed by atoms with Gasteiger partial charge in [-0.3, -0.25) is 14.9 Å². The topological polar surface area (TPSA) is 86.4 Å². The molecule has 0 aliphatic heterocycles. The van der Waals surface area contributed by atoms with Gasteiger partial charge in [-0.2, -0.15) is 0 Å². The normalized spacial score (nSPS) is 11.7. The van der Waals surface area contributed by atoms with Crippen LogP contribution in [-0.4, -0.2) is 34.8 Å². The van der Waals surface area contributed by atoms with E-state index < -0.39 is 5.54 Å². The highest BCUT2D eigenvalue weighted by Gasteiger charge is 2.43. The molecule has 164 valence electrons. The molecular weight excluding hydrogens is 410 g/mol. The standard InChI is InChI=1S/C26H25N7/c1-2-8-21(9-3-1)18-26(22-10-4-6-12-27-22,23-11-5-7-13-28-23)33(19-24-29-14-15-30-24)20-25-31-16-17-32-25/h1-17H,18-20H2,(H,29,30)(H,31,32). The van der Waals surface area contributed by atoms with Gasteiger partial charge in [-0.15, -0.1) is 0 Å². The zero-order valence-electron chi connectivity index (χ0n) is 18.2. The second-order valence-electron chi connectivity index (χ2n) is 7.88. The van der Waals surface area contributed by atoms with Gasteiger partial charge < -0.3 is 9.97 Å². The number of pyridine rings is 2. The summed E-state index contributed by atoms with van der Waals surface area (Å²) in [5.74, 6) is 1.73. The number of hydrogen-bond acceptors (Lipinski definition) is 5. The van der Waals surface area contributed by atoms with Gasteiger partial charge in [-0.1, -0.05) is 42.5 Å². The minimum absolute atomic E-state index is 0.563. The van der Waals surface area contributed by atoms with E-state index in [0.717, 1.165) is 23.0 Å². The molecule has 0 aliphatic carbocycles. The van der Waals surface area contributed by atoms with E-state index in [2.05, 4.69) is 61.2 Å². The highest BCUT2D eigenvalue weighted by atomic mass is 15.3.